The molecule has 2 fully saturated rings. The van der Waals surface area contributed by atoms with Crippen LogP contribution >= 0.6 is 18.5 Å². The molecule has 6 nitrogen and oxygen atoms in total. The molecule has 2 aliphatic rings. The number of rotatable bonds is 7. The molecule has 2 aromatic carbocycles. The van der Waals surface area contributed by atoms with Gasteiger partial charge in [0.05, 0.1) is 39.7 Å². The zero-order valence-corrected chi connectivity index (χ0v) is 26.9. The van der Waals surface area contributed by atoms with Crippen molar-refractivity contribution in [1.29, 1.82) is 0 Å². The average molecular weight is 652 g/mol. The second kappa shape index (κ2) is 12.8. The standard InChI is InChI=1S/C31H37F3N3O3PS2/c1-41(2,38)25-14-10-22(11-15-25)35-16-4-7-29-27(21-31(32,33)34)26-5-3-6-28(30(26)42-29)36-23-8-12-24(13-9-23)37-17-19-43(39,40)20-18-37/h3,5-6,10-11,14-15,23-24,35-36H,8-9,12-13,16-21H2,1-2H3. The fraction of sp³-hybridized carbons (Fsp3) is 0.484. The highest BCUT2D eigenvalue weighted by molar-refractivity contribution is 7.91. The molecule has 43 heavy (non-hydrogen) atoms. The number of hydrogen-bond acceptors (Lipinski definition) is 7. The van der Waals surface area contributed by atoms with Gasteiger partial charge in [-0.1, -0.05) is 24.0 Å². The third-order valence-electron chi connectivity index (χ3n) is 8.22. The predicted molar refractivity (Wildman–Crippen MR) is 172 cm³/mol. The Morgan fingerprint density at radius 3 is 2.33 bits per heavy atom. The highest BCUT2D eigenvalue weighted by atomic mass is 32.2. The quantitative estimate of drug-likeness (QED) is 0.235. The summed E-state index contributed by atoms with van der Waals surface area (Å²) < 4.78 is 77.5. The molecule has 1 aliphatic carbocycles. The minimum Gasteiger partial charge on any atom is -0.381 e. The van der Waals surface area contributed by atoms with E-state index in [1.54, 1.807) is 25.5 Å². The normalized spacial score (nSPS) is 21.2. The lowest BCUT2D eigenvalue weighted by atomic mass is 9.90. The smallest absolute Gasteiger partial charge is 0.381 e. The van der Waals surface area contributed by atoms with Crippen LogP contribution in [0.4, 0.5) is 24.5 Å². The molecule has 2 N–H and O–H groups in total. The Morgan fingerprint density at radius 2 is 1.70 bits per heavy atom. The summed E-state index contributed by atoms with van der Waals surface area (Å²) in [6, 6.07) is 13.3. The molecular formula is C31H37F3N3O3PS2. The van der Waals surface area contributed by atoms with Gasteiger partial charge in [-0.25, -0.2) is 8.42 Å². The highest BCUT2D eigenvalue weighted by Gasteiger charge is 2.32. The van der Waals surface area contributed by atoms with Crippen LogP contribution in [0.25, 0.3) is 10.1 Å². The van der Waals surface area contributed by atoms with Crippen molar-refractivity contribution in [3.8, 4) is 11.8 Å². The van der Waals surface area contributed by atoms with E-state index < -0.39 is 29.6 Å². The summed E-state index contributed by atoms with van der Waals surface area (Å²) in [5, 5.41) is 8.12. The summed E-state index contributed by atoms with van der Waals surface area (Å²) >= 11 is 1.29. The predicted octanol–water partition coefficient (Wildman–Crippen LogP) is 6.17. The van der Waals surface area contributed by atoms with Gasteiger partial charge >= 0.3 is 6.18 Å². The zero-order valence-electron chi connectivity index (χ0n) is 24.3. The molecule has 0 unspecified atom stereocenters. The van der Waals surface area contributed by atoms with Gasteiger partial charge in [0.1, 0.15) is 7.14 Å². The molecule has 0 bridgehead atoms. The molecule has 1 saturated carbocycles. The van der Waals surface area contributed by atoms with Gasteiger partial charge in [-0.3, -0.25) is 4.90 Å². The second-order valence-electron chi connectivity index (χ2n) is 11.8. The molecule has 2 heterocycles. The molecule has 1 saturated heterocycles. The van der Waals surface area contributed by atoms with Crippen LogP contribution < -0.4 is 15.9 Å². The van der Waals surface area contributed by atoms with Crippen molar-refractivity contribution < 1.29 is 26.2 Å². The van der Waals surface area contributed by atoms with Crippen LogP contribution in [-0.4, -0.2) is 76.0 Å². The van der Waals surface area contributed by atoms with Crippen LogP contribution in [0, 0.1) is 11.8 Å². The summed E-state index contributed by atoms with van der Waals surface area (Å²) in [6.07, 6.45) is -1.66. The van der Waals surface area contributed by atoms with Crippen LogP contribution in [0.2, 0.25) is 0 Å². The number of nitrogens with one attached hydrogen (secondary N) is 2. The maximum absolute atomic E-state index is 13.6. The number of halogens is 3. The first-order valence-electron chi connectivity index (χ1n) is 14.5. The largest absolute Gasteiger partial charge is 0.393 e. The van der Waals surface area contributed by atoms with Crippen LogP contribution in [0.1, 0.15) is 36.1 Å². The minimum atomic E-state index is -4.36. The maximum Gasteiger partial charge on any atom is 0.393 e. The van der Waals surface area contributed by atoms with Gasteiger partial charge in [-0.2, -0.15) is 13.2 Å². The maximum atomic E-state index is 13.6. The zero-order chi connectivity index (χ0) is 30.8. The number of alkyl halides is 3. The van der Waals surface area contributed by atoms with Gasteiger partial charge in [-0.05, 0) is 80.3 Å². The average Bonchev–Trinajstić information content (AvgIpc) is 3.28. The third kappa shape index (κ3) is 8.36. The molecule has 0 amide bonds. The van der Waals surface area contributed by atoms with E-state index in [4.69, 9.17) is 0 Å². The van der Waals surface area contributed by atoms with Crippen LogP contribution in [-0.2, 0) is 20.8 Å². The molecule has 0 spiro atoms. The molecule has 3 aromatic rings. The number of hydrogen-bond donors (Lipinski definition) is 2. The van der Waals surface area contributed by atoms with Crippen molar-refractivity contribution in [3.63, 3.8) is 0 Å². The van der Waals surface area contributed by atoms with E-state index in [0.717, 1.165) is 47.1 Å². The number of benzene rings is 2. The van der Waals surface area contributed by atoms with E-state index in [0.29, 0.717) is 29.4 Å². The van der Waals surface area contributed by atoms with Crippen molar-refractivity contribution in [2.24, 2.45) is 0 Å². The summed E-state index contributed by atoms with van der Waals surface area (Å²) in [4.78, 5) is 2.71. The molecule has 232 valence electrons. The third-order valence-corrected chi connectivity index (χ3v) is 12.6. The summed E-state index contributed by atoms with van der Waals surface area (Å²) in [5.74, 6) is 6.43. The Balaban J connectivity index is 1.28. The van der Waals surface area contributed by atoms with Gasteiger partial charge in [0.25, 0.3) is 0 Å². The van der Waals surface area contributed by atoms with Crippen molar-refractivity contribution in [3.05, 3.63) is 52.9 Å². The molecule has 0 radical (unpaired) electrons. The fourth-order valence-corrected chi connectivity index (χ4v) is 9.13. The van der Waals surface area contributed by atoms with Gasteiger partial charge in [0.2, 0.25) is 0 Å². The number of anilines is 2. The Labute approximate surface area is 255 Å². The first kappa shape index (κ1) is 31.9. The number of nitrogens with zero attached hydrogens (tertiary/aromatic N) is 1. The lowest BCUT2D eigenvalue weighted by molar-refractivity contribution is -0.126. The Bertz CT molecular complexity index is 1650. The summed E-state index contributed by atoms with van der Waals surface area (Å²) in [7, 11) is -5.26. The van der Waals surface area contributed by atoms with Crippen molar-refractivity contribution in [2.45, 2.75) is 50.4 Å². The molecule has 1 aliphatic heterocycles. The van der Waals surface area contributed by atoms with Gasteiger partial charge in [-0.15, -0.1) is 11.3 Å². The highest BCUT2D eigenvalue weighted by Crippen LogP contribution is 2.40. The molecule has 0 atom stereocenters. The van der Waals surface area contributed by atoms with Gasteiger partial charge in [0.15, 0.2) is 9.84 Å². The monoisotopic (exact) mass is 651 g/mol. The lowest BCUT2D eigenvalue weighted by Crippen LogP contribution is -2.48. The Morgan fingerprint density at radius 1 is 1.02 bits per heavy atom. The minimum absolute atomic E-state index is 0.197. The number of thiophene rings is 1. The first-order valence-corrected chi connectivity index (χ1v) is 19.7. The van der Waals surface area contributed by atoms with Crippen LogP contribution in [0.3, 0.4) is 0 Å². The van der Waals surface area contributed by atoms with Crippen LogP contribution in [0.15, 0.2) is 42.5 Å². The van der Waals surface area contributed by atoms with Crippen molar-refractivity contribution in [1.82, 2.24) is 4.90 Å². The Kier molecular flexibility index (Phi) is 9.53. The van der Waals surface area contributed by atoms with E-state index in [-0.39, 0.29) is 29.7 Å². The summed E-state index contributed by atoms with van der Waals surface area (Å²) in [5.41, 5.74) is 1.83. The molecule has 1 aromatic heterocycles. The SMILES string of the molecule is CP(C)(=O)c1ccc(NCC#Cc2sc3c(NC4CCC(N5CCS(=O)(=O)CC5)CC4)cccc3c2CC(F)(F)F)cc1. The molecule has 12 heteroatoms. The van der Waals surface area contributed by atoms with E-state index in [1.165, 1.54) is 11.3 Å². The van der Waals surface area contributed by atoms with Gasteiger partial charge in [0, 0.05) is 36.2 Å². The van der Waals surface area contributed by atoms with Crippen molar-refractivity contribution in [2.75, 3.05) is 55.1 Å². The van der Waals surface area contributed by atoms with E-state index in [2.05, 4.69) is 27.4 Å². The van der Waals surface area contributed by atoms with Crippen molar-refractivity contribution >= 4 is 55.1 Å². The first-order chi connectivity index (χ1) is 20.3. The Hall–Kier alpha value is -2.51. The van der Waals surface area contributed by atoms with Crippen LogP contribution in [0.5, 0.6) is 0 Å². The molecule has 5 rings (SSSR count). The fourth-order valence-electron chi connectivity index (χ4n) is 5.87. The summed E-state index contributed by atoms with van der Waals surface area (Å²) in [6.45, 7) is 4.86. The van der Waals surface area contributed by atoms with E-state index in [1.807, 2.05) is 30.3 Å². The van der Waals surface area contributed by atoms with E-state index in [9.17, 15) is 26.2 Å². The second-order valence-corrected chi connectivity index (χ2v) is 18.3. The lowest BCUT2D eigenvalue weighted by Gasteiger charge is -2.39. The van der Waals surface area contributed by atoms with E-state index >= 15 is 0 Å². The topological polar surface area (TPSA) is 78.5 Å². The van der Waals surface area contributed by atoms with Gasteiger partial charge < -0.3 is 15.2 Å². The molecular weight excluding hydrogens is 614 g/mol. The number of fused-ring (bicyclic) bond motifs is 1. The number of sulfone groups is 1.